The van der Waals surface area contributed by atoms with Crippen LogP contribution in [0.5, 0.6) is 0 Å². The highest BCUT2D eigenvalue weighted by molar-refractivity contribution is 7.80. The van der Waals surface area contributed by atoms with Gasteiger partial charge < -0.3 is 10.6 Å². The van der Waals surface area contributed by atoms with Crippen LogP contribution in [0.4, 0.5) is 5.82 Å². The summed E-state index contributed by atoms with van der Waals surface area (Å²) in [5.74, 6) is 1.86. The van der Waals surface area contributed by atoms with Crippen LogP contribution in [0.3, 0.4) is 0 Å². The Morgan fingerprint density at radius 1 is 1.53 bits per heavy atom. The Morgan fingerprint density at radius 2 is 2.29 bits per heavy atom. The molecule has 0 bridgehead atoms. The van der Waals surface area contributed by atoms with Gasteiger partial charge in [0.2, 0.25) is 0 Å². The van der Waals surface area contributed by atoms with Crippen molar-refractivity contribution in [2.45, 2.75) is 26.2 Å². The maximum Gasteiger partial charge on any atom is 0.129 e. The van der Waals surface area contributed by atoms with E-state index < -0.39 is 0 Å². The maximum absolute atomic E-state index is 5.62. The van der Waals surface area contributed by atoms with Gasteiger partial charge in [0.1, 0.15) is 10.8 Å². The summed E-state index contributed by atoms with van der Waals surface area (Å²) in [7, 11) is 0. The molecule has 0 atom stereocenters. The average Bonchev–Trinajstić information content (AvgIpc) is 3.12. The Hall–Kier alpha value is -1.16. The summed E-state index contributed by atoms with van der Waals surface area (Å²) in [5, 5.41) is 0. The Morgan fingerprint density at radius 3 is 2.88 bits per heavy atom. The predicted molar refractivity (Wildman–Crippen MR) is 75.4 cm³/mol. The molecule has 2 rings (SSSR count). The van der Waals surface area contributed by atoms with Gasteiger partial charge >= 0.3 is 0 Å². The van der Waals surface area contributed by atoms with Gasteiger partial charge in [-0.15, -0.1) is 0 Å². The molecule has 2 N–H and O–H groups in total. The fourth-order valence-electron chi connectivity index (χ4n) is 1.92. The second-order valence-corrected chi connectivity index (χ2v) is 5.07. The van der Waals surface area contributed by atoms with Gasteiger partial charge in [-0.2, -0.15) is 0 Å². The van der Waals surface area contributed by atoms with E-state index >= 15 is 0 Å². The fraction of sp³-hybridized carbons (Fsp3) is 0.538. The van der Waals surface area contributed by atoms with Gasteiger partial charge in [0.15, 0.2) is 0 Å². The van der Waals surface area contributed by atoms with E-state index in [1.165, 1.54) is 12.8 Å². The Kier molecular flexibility index (Phi) is 3.94. The molecule has 0 amide bonds. The fourth-order valence-corrected chi connectivity index (χ4v) is 2.03. The first kappa shape index (κ1) is 12.3. The van der Waals surface area contributed by atoms with Gasteiger partial charge in [0.05, 0.1) is 5.69 Å². The van der Waals surface area contributed by atoms with Crippen molar-refractivity contribution in [1.29, 1.82) is 0 Å². The molecule has 1 aromatic rings. The largest absolute Gasteiger partial charge is 0.388 e. The summed E-state index contributed by atoms with van der Waals surface area (Å²) in [6.45, 7) is 4.35. The van der Waals surface area contributed by atoms with Gasteiger partial charge in [-0.05, 0) is 37.3 Å². The zero-order valence-corrected chi connectivity index (χ0v) is 11.0. The summed E-state index contributed by atoms with van der Waals surface area (Å²) in [4.78, 5) is 7.25. The van der Waals surface area contributed by atoms with Crippen LogP contribution in [0, 0.1) is 5.92 Å². The first-order valence-corrected chi connectivity index (χ1v) is 6.63. The van der Waals surface area contributed by atoms with E-state index in [1.54, 1.807) is 0 Å². The molecule has 0 aliphatic heterocycles. The van der Waals surface area contributed by atoms with Crippen molar-refractivity contribution in [2.75, 3.05) is 18.0 Å². The molecule has 1 aromatic heterocycles. The van der Waals surface area contributed by atoms with Crippen LogP contribution in [0.1, 0.15) is 31.9 Å². The minimum atomic E-state index is 0.370. The number of anilines is 1. The van der Waals surface area contributed by atoms with Gasteiger partial charge in [0.25, 0.3) is 0 Å². The number of pyridine rings is 1. The number of hydrogen-bond acceptors (Lipinski definition) is 3. The molecule has 1 aliphatic rings. The molecule has 1 saturated carbocycles. The second-order valence-electron chi connectivity index (χ2n) is 4.63. The van der Waals surface area contributed by atoms with Crippen LogP contribution >= 0.6 is 12.2 Å². The molecule has 0 unspecified atom stereocenters. The molecule has 0 saturated heterocycles. The van der Waals surface area contributed by atoms with Crippen molar-refractivity contribution in [2.24, 2.45) is 11.7 Å². The summed E-state index contributed by atoms with van der Waals surface area (Å²) >= 11 is 4.97. The second kappa shape index (κ2) is 5.45. The minimum Gasteiger partial charge on any atom is -0.388 e. The topological polar surface area (TPSA) is 42.1 Å². The van der Waals surface area contributed by atoms with Crippen LogP contribution in [0.2, 0.25) is 0 Å². The quantitative estimate of drug-likeness (QED) is 0.786. The lowest BCUT2D eigenvalue weighted by Gasteiger charge is -2.23. The molecular formula is C13H19N3S. The summed E-state index contributed by atoms with van der Waals surface area (Å²) < 4.78 is 0. The van der Waals surface area contributed by atoms with E-state index in [4.69, 9.17) is 18.0 Å². The first-order chi connectivity index (χ1) is 8.20. The molecule has 1 fully saturated rings. The molecule has 0 radical (unpaired) electrons. The van der Waals surface area contributed by atoms with Gasteiger partial charge in [-0.1, -0.05) is 25.2 Å². The molecule has 92 valence electrons. The summed E-state index contributed by atoms with van der Waals surface area (Å²) in [6, 6.07) is 5.89. The van der Waals surface area contributed by atoms with E-state index in [-0.39, 0.29) is 0 Å². The number of rotatable bonds is 6. The molecule has 0 spiro atoms. The number of aromatic nitrogens is 1. The van der Waals surface area contributed by atoms with Crippen molar-refractivity contribution in [1.82, 2.24) is 4.98 Å². The molecule has 0 aromatic carbocycles. The van der Waals surface area contributed by atoms with Gasteiger partial charge in [0, 0.05) is 13.1 Å². The molecule has 4 heteroatoms. The highest BCUT2D eigenvalue weighted by Gasteiger charge is 2.24. The maximum atomic E-state index is 5.62. The lowest BCUT2D eigenvalue weighted by Crippen LogP contribution is -2.28. The number of hydrogen-bond donors (Lipinski definition) is 1. The summed E-state index contributed by atoms with van der Waals surface area (Å²) in [6.07, 6.45) is 3.84. The Labute approximate surface area is 108 Å². The van der Waals surface area contributed by atoms with Crippen LogP contribution in [0.25, 0.3) is 0 Å². The molecular weight excluding hydrogens is 230 g/mol. The Balaban J connectivity index is 2.15. The van der Waals surface area contributed by atoms with Gasteiger partial charge in [-0.25, -0.2) is 4.98 Å². The molecule has 1 aliphatic carbocycles. The van der Waals surface area contributed by atoms with Crippen molar-refractivity contribution >= 4 is 23.0 Å². The van der Waals surface area contributed by atoms with Crippen LogP contribution < -0.4 is 10.6 Å². The van der Waals surface area contributed by atoms with Crippen LogP contribution in [0.15, 0.2) is 18.2 Å². The lowest BCUT2D eigenvalue weighted by atomic mass is 10.3. The third kappa shape index (κ3) is 3.40. The SMILES string of the molecule is CCCN(CC1CC1)c1cccc(C(N)=S)n1. The lowest BCUT2D eigenvalue weighted by molar-refractivity contribution is 0.699. The molecule has 3 nitrogen and oxygen atoms in total. The van der Waals surface area contributed by atoms with Crippen LogP contribution in [-0.2, 0) is 0 Å². The summed E-state index contributed by atoms with van der Waals surface area (Å²) in [5.41, 5.74) is 6.34. The van der Waals surface area contributed by atoms with Crippen molar-refractivity contribution in [3.05, 3.63) is 23.9 Å². The van der Waals surface area contributed by atoms with Crippen LogP contribution in [-0.4, -0.2) is 23.1 Å². The third-order valence-electron chi connectivity index (χ3n) is 2.98. The van der Waals surface area contributed by atoms with Crippen molar-refractivity contribution < 1.29 is 0 Å². The number of nitrogens with zero attached hydrogens (tertiary/aromatic N) is 2. The average molecular weight is 249 g/mol. The van der Waals surface area contributed by atoms with E-state index in [2.05, 4.69) is 16.8 Å². The highest BCUT2D eigenvalue weighted by atomic mass is 32.1. The first-order valence-electron chi connectivity index (χ1n) is 6.22. The van der Waals surface area contributed by atoms with Crippen molar-refractivity contribution in [3.8, 4) is 0 Å². The molecule has 17 heavy (non-hydrogen) atoms. The monoisotopic (exact) mass is 249 g/mol. The van der Waals surface area contributed by atoms with Crippen molar-refractivity contribution in [3.63, 3.8) is 0 Å². The zero-order valence-electron chi connectivity index (χ0n) is 10.2. The van der Waals surface area contributed by atoms with E-state index in [1.807, 2.05) is 18.2 Å². The van der Waals surface area contributed by atoms with Gasteiger partial charge in [-0.3, -0.25) is 0 Å². The highest BCUT2D eigenvalue weighted by Crippen LogP contribution is 2.31. The predicted octanol–water partition coefficient (Wildman–Crippen LogP) is 2.34. The standard InChI is InChI=1S/C13H19N3S/c1-2-8-16(9-10-6-7-10)12-5-3-4-11(15-12)13(14)17/h3-5,10H,2,6-9H2,1H3,(H2,14,17). The normalized spacial score (nSPS) is 14.6. The third-order valence-corrected chi connectivity index (χ3v) is 3.19. The minimum absolute atomic E-state index is 0.370. The number of nitrogens with two attached hydrogens (primary N) is 1. The van der Waals surface area contributed by atoms with E-state index in [0.29, 0.717) is 4.99 Å². The number of thiocarbonyl (C=S) groups is 1. The van der Waals surface area contributed by atoms with E-state index in [0.717, 1.165) is 36.9 Å². The molecule has 1 heterocycles. The smallest absolute Gasteiger partial charge is 0.129 e. The Bertz CT molecular complexity index is 401. The zero-order chi connectivity index (χ0) is 12.3. The van der Waals surface area contributed by atoms with E-state index in [9.17, 15) is 0 Å².